The minimum Gasteiger partial charge on any atom is -0.497 e. The Balaban J connectivity index is 1.50. The molecule has 31 heavy (non-hydrogen) atoms. The van der Waals surface area contributed by atoms with Crippen LogP contribution in [-0.2, 0) is 19.7 Å². The van der Waals surface area contributed by atoms with Crippen molar-refractivity contribution in [1.82, 2.24) is 5.32 Å². The number of anilines is 1. The lowest BCUT2D eigenvalue weighted by Crippen LogP contribution is -2.51. The predicted octanol–water partition coefficient (Wildman–Crippen LogP) is 2.67. The highest BCUT2D eigenvalue weighted by Gasteiger charge is 2.43. The molecule has 0 radical (unpaired) electrons. The number of ether oxygens (including phenoxy) is 3. The number of rotatable bonds is 6. The van der Waals surface area contributed by atoms with Gasteiger partial charge in [0, 0.05) is 31.9 Å². The lowest BCUT2D eigenvalue weighted by Gasteiger charge is -2.37. The van der Waals surface area contributed by atoms with Crippen molar-refractivity contribution in [3.63, 3.8) is 0 Å². The molecule has 0 spiro atoms. The molecule has 0 aromatic heterocycles. The zero-order chi connectivity index (χ0) is 21.8. The molecule has 2 saturated heterocycles. The maximum atomic E-state index is 13.5. The van der Waals surface area contributed by atoms with E-state index in [1.807, 2.05) is 48.5 Å². The number of methoxy groups -OCH3 is 2. The Labute approximate surface area is 182 Å². The van der Waals surface area contributed by atoms with Crippen molar-refractivity contribution in [2.24, 2.45) is 0 Å². The molecule has 7 heteroatoms. The SMILES string of the molecule is COc1ccc(N2CC(NC(=O)C3(c4ccc(OC)cc4)CCOCC3)CC2=O)cc1. The second kappa shape index (κ2) is 8.98. The molecule has 7 nitrogen and oxygen atoms in total. The molecule has 0 aliphatic carbocycles. The Bertz CT molecular complexity index is 920. The lowest BCUT2D eigenvalue weighted by molar-refractivity contribution is -0.131. The van der Waals surface area contributed by atoms with Crippen LogP contribution in [-0.4, -0.2) is 51.8 Å². The van der Waals surface area contributed by atoms with Gasteiger partial charge in [-0.2, -0.15) is 0 Å². The average Bonchev–Trinajstić information content (AvgIpc) is 3.19. The monoisotopic (exact) mass is 424 g/mol. The fourth-order valence-electron chi connectivity index (χ4n) is 4.42. The van der Waals surface area contributed by atoms with Crippen LogP contribution in [0.15, 0.2) is 48.5 Å². The van der Waals surface area contributed by atoms with Crippen molar-refractivity contribution in [1.29, 1.82) is 0 Å². The number of hydrogen-bond donors (Lipinski definition) is 1. The molecular formula is C24H28N2O5. The topological polar surface area (TPSA) is 77.1 Å². The third-order valence-corrected chi connectivity index (χ3v) is 6.27. The van der Waals surface area contributed by atoms with E-state index >= 15 is 0 Å². The summed E-state index contributed by atoms with van der Waals surface area (Å²) in [5.74, 6) is 1.44. The van der Waals surface area contributed by atoms with Crippen molar-refractivity contribution in [3.8, 4) is 11.5 Å². The highest BCUT2D eigenvalue weighted by atomic mass is 16.5. The van der Waals surface area contributed by atoms with Crippen molar-refractivity contribution >= 4 is 17.5 Å². The van der Waals surface area contributed by atoms with Crippen LogP contribution < -0.4 is 19.7 Å². The van der Waals surface area contributed by atoms with Crippen LogP contribution in [0.4, 0.5) is 5.69 Å². The molecule has 4 rings (SSSR count). The van der Waals surface area contributed by atoms with E-state index in [9.17, 15) is 9.59 Å². The van der Waals surface area contributed by atoms with Gasteiger partial charge in [-0.1, -0.05) is 12.1 Å². The third-order valence-electron chi connectivity index (χ3n) is 6.27. The number of hydrogen-bond acceptors (Lipinski definition) is 5. The molecule has 1 atom stereocenters. The minimum absolute atomic E-state index is 0.000872. The summed E-state index contributed by atoms with van der Waals surface area (Å²) < 4.78 is 16.0. The second-order valence-corrected chi connectivity index (χ2v) is 8.00. The van der Waals surface area contributed by atoms with Crippen molar-refractivity contribution in [2.45, 2.75) is 30.7 Å². The lowest BCUT2D eigenvalue weighted by atomic mass is 9.73. The van der Waals surface area contributed by atoms with Gasteiger partial charge in [-0.25, -0.2) is 0 Å². The molecule has 0 bridgehead atoms. The molecule has 2 aromatic carbocycles. The Morgan fingerprint density at radius 2 is 1.58 bits per heavy atom. The molecule has 2 fully saturated rings. The minimum atomic E-state index is -0.666. The van der Waals surface area contributed by atoms with Crippen molar-refractivity contribution in [2.75, 3.05) is 38.9 Å². The molecule has 164 valence electrons. The van der Waals surface area contributed by atoms with E-state index in [1.165, 1.54) is 0 Å². The first-order chi connectivity index (χ1) is 15.1. The molecule has 2 aromatic rings. The largest absolute Gasteiger partial charge is 0.497 e. The molecule has 2 heterocycles. The van der Waals surface area contributed by atoms with Gasteiger partial charge in [-0.15, -0.1) is 0 Å². The molecular weight excluding hydrogens is 396 g/mol. The van der Waals surface area contributed by atoms with Crippen molar-refractivity contribution in [3.05, 3.63) is 54.1 Å². The maximum Gasteiger partial charge on any atom is 0.231 e. The van der Waals surface area contributed by atoms with E-state index in [0.717, 1.165) is 22.7 Å². The first-order valence-corrected chi connectivity index (χ1v) is 10.5. The fourth-order valence-corrected chi connectivity index (χ4v) is 4.42. The van der Waals surface area contributed by atoms with Crippen molar-refractivity contribution < 1.29 is 23.8 Å². The van der Waals surface area contributed by atoms with Gasteiger partial charge in [0.05, 0.1) is 25.7 Å². The van der Waals surface area contributed by atoms with E-state index in [-0.39, 0.29) is 24.3 Å². The standard InChI is InChI=1S/C24H28N2O5/c1-29-20-7-3-17(4-8-20)24(11-13-31-14-12-24)23(28)25-18-15-22(27)26(16-18)19-5-9-21(30-2)10-6-19/h3-10,18H,11-16H2,1-2H3,(H,25,28). The van der Waals surface area contributed by atoms with Gasteiger partial charge in [0.2, 0.25) is 11.8 Å². The number of amides is 2. The molecule has 1 N–H and O–H groups in total. The summed E-state index contributed by atoms with van der Waals surface area (Å²) in [6.45, 7) is 1.51. The molecule has 2 amide bonds. The summed E-state index contributed by atoms with van der Waals surface area (Å²) in [6.07, 6.45) is 1.50. The number of benzene rings is 2. The van der Waals surface area contributed by atoms with E-state index in [4.69, 9.17) is 14.2 Å². The summed E-state index contributed by atoms with van der Waals surface area (Å²) in [7, 11) is 3.23. The first kappa shape index (κ1) is 21.2. The van der Waals surface area contributed by atoms with Crippen LogP contribution in [0.1, 0.15) is 24.8 Å². The summed E-state index contributed by atoms with van der Waals surface area (Å²) in [4.78, 5) is 27.9. The van der Waals surface area contributed by atoms with Crippen LogP contribution in [0.3, 0.4) is 0 Å². The summed E-state index contributed by atoms with van der Waals surface area (Å²) in [5, 5.41) is 3.16. The van der Waals surface area contributed by atoms with Gasteiger partial charge >= 0.3 is 0 Å². The summed E-state index contributed by atoms with van der Waals surface area (Å²) in [5.41, 5.74) is 1.09. The molecule has 1 unspecified atom stereocenters. The number of nitrogens with zero attached hydrogens (tertiary/aromatic N) is 1. The fraction of sp³-hybridized carbons (Fsp3) is 0.417. The van der Waals surface area contributed by atoms with E-state index < -0.39 is 5.41 Å². The zero-order valence-corrected chi connectivity index (χ0v) is 17.9. The van der Waals surface area contributed by atoms with Crippen LogP contribution >= 0.6 is 0 Å². The number of carbonyl (C=O) groups is 2. The van der Waals surface area contributed by atoms with Crippen LogP contribution in [0, 0.1) is 0 Å². The zero-order valence-electron chi connectivity index (χ0n) is 17.9. The van der Waals surface area contributed by atoms with Gasteiger partial charge in [-0.3, -0.25) is 9.59 Å². The Kier molecular flexibility index (Phi) is 6.13. The first-order valence-electron chi connectivity index (χ1n) is 10.5. The quantitative estimate of drug-likeness (QED) is 0.772. The maximum absolute atomic E-state index is 13.5. The van der Waals surface area contributed by atoms with Gasteiger partial charge in [-0.05, 0) is 54.8 Å². The predicted molar refractivity (Wildman–Crippen MR) is 117 cm³/mol. The smallest absolute Gasteiger partial charge is 0.231 e. The van der Waals surface area contributed by atoms with E-state index in [0.29, 0.717) is 32.6 Å². The van der Waals surface area contributed by atoms with Crippen LogP contribution in [0.2, 0.25) is 0 Å². The highest BCUT2D eigenvalue weighted by molar-refractivity contribution is 5.97. The van der Waals surface area contributed by atoms with Crippen LogP contribution in [0.5, 0.6) is 11.5 Å². The van der Waals surface area contributed by atoms with Gasteiger partial charge in [0.15, 0.2) is 0 Å². The number of nitrogens with one attached hydrogen (secondary N) is 1. The summed E-state index contributed by atoms with van der Waals surface area (Å²) >= 11 is 0. The van der Waals surface area contributed by atoms with E-state index in [2.05, 4.69) is 5.32 Å². The summed E-state index contributed by atoms with van der Waals surface area (Å²) in [6, 6.07) is 14.8. The third kappa shape index (κ3) is 4.23. The number of carbonyl (C=O) groups excluding carboxylic acids is 2. The normalized spacial score (nSPS) is 20.4. The molecule has 0 saturated carbocycles. The van der Waals surface area contributed by atoms with Gasteiger partial charge in [0.25, 0.3) is 0 Å². The second-order valence-electron chi connectivity index (χ2n) is 8.00. The molecule has 2 aliphatic heterocycles. The van der Waals surface area contributed by atoms with E-state index in [1.54, 1.807) is 19.1 Å². The Morgan fingerprint density at radius 1 is 1.00 bits per heavy atom. The Hall–Kier alpha value is -3.06. The van der Waals surface area contributed by atoms with Gasteiger partial charge < -0.3 is 24.4 Å². The van der Waals surface area contributed by atoms with Crippen LogP contribution in [0.25, 0.3) is 0 Å². The van der Waals surface area contributed by atoms with Gasteiger partial charge in [0.1, 0.15) is 11.5 Å². The Morgan fingerprint density at radius 3 is 2.16 bits per heavy atom. The average molecular weight is 424 g/mol. The highest BCUT2D eigenvalue weighted by Crippen LogP contribution is 2.36. The molecule has 2 aliphatic rings.